The van der Waals surface area contributed by atoms with E-state index >= 15 is 0 Å². The van der Waals surface area contributed by atoms with Crippen molar-refractivity contribution in [2.75, 3.05) is 34.4 Å². The van der Waals surface area contributed by atoms with Crippen molar-refractivity contribution in [3.05, 3.63) is 55.0 Å². The maximum absolute atomic E-state index is 10.7. The van der Waals surface area contributed by atoms with Gasteiger partial charge in [-0.15, -0.1) is 6.58 Å². The number of aromatic nitrogens is 1. The van der Waals surface area contributed by atoms with E-state index in [1.807, 2.05) is 26.8 Å². The van der Waals surface area contributed by atoms with Crippen molar-refractivity contribution < 1.29 is 13.5 Å². The minimum Gasteiger partial charge on any atom is -0.497 e. The lowest BCUT2D eigenvalue weighted by molar-refractivity contribution is 0.413. The van der Waals surface area contributed by atoms with Crippen molar-refractivity contribution in [1.29, 1.82) is 0 Å². The van der Waals surface area contributed by atoms with E-state index in [0.29, 0.717) is 0 Å². The van der Waals surface area contributed by atoms with Crippen LogP contribution in [0.4, 0.5) is 8.78 Å². The van der Waals surface area contributed by atoms with Crippen LogP contribution in [0.3, 0.4) is 0 Å². The number of hydrogen-bond donors (Lipinski definition) is 0. The number of methoxy groups -OCH3 is 1. The summed E-state index contributed by atoms with van der Waals surface area (Å²) in [6.45, 7) is 12.8. The van der Waals surface area contributed by atoms with Gasteiger partial charge >= 0.3 is 0 Å². The van der Waals surface area contributed by atoms with Crippen LogP contribution in [0.25, 0.3) is 10.9 Å². The molecule has 0 unspecified atom stereocenters. The predicted octanol–water partition coefficient (Wildman–Crippen LogP) is 6.43. The van der Waals surface area contributed by atoms with Gasteiger partial charge in [-0.3, -0.25) is 0 Å². The lowest BCUT2D eigenvalue weighted by Gasteiger charge is -2.08. The van der Waals surface area contributed by atoms with Crippen molar-refractivity contribution in [3.63, 3.8) is 0 Å². The molecular formula is C23H38F2N2O. The van der Waals surface area contributed by atoms with E-state index < -0.39 is 6.67 Å². The quantitative estimate of drug-likeness (QED) is 0.523. The second-order valence-electron chi connectivity index (χ2n) is 5.80. The van der Waals surface area contributed by atoms with Crippen molar-refractivity contribution in [3.8, 4) is 5.75 Å². The summed E-state index contributed by atoms with van der Waals surface area (Å²) in [6, 6.07) is 6.33. The third kappa shape index (κ3) is 10.9. The van der Waals surface area contributed by atoms with Gasteiger partial charge in [0.1, 0.15) is 12.4 Å². The van der Waals surface area contributed by atoms with Crippen LogP contribution in [0.1, 0.15) is 33.3 Å². The Balaban J connectivity index is 0. The molecule has 1 aromatic carbocycles. The maximum Gasteiger partial charge on any atom is 0.119 e. The van der Waals surface area contributed by atoms with Crippen molar-refractivity contribution in [1.82, 2.24) is 9.47 Å². The molecule has 0 aliphatic carbocycles. The summed E-state index contributed by atoms with van der Waals surface area (Å²) in [5.74, 6) is 0.933. The van der Waals surface area contributed by atoms with Gasteiger partial charge in [-0.25, -0.2) is 8.78 Å². The lowest BCUT2D eigenvalue weighted by atomic mass is 10.1. The highest BCUT2D eigenvalue weighted by molar-refractivity contribution is 5.85. The van der Waals surface area contributed by atoms with Crippen LogP contribution in [0.15, 0.2) is 49.5 Å². The van der Waals surface area contributed by atoms with Gasteiger partial charge in [0.25, 0.3) is 0 Å². The van der Waals surface area contributed by atoms with Gasteiger partial charge in [-0.05, 0) is 64.2 Å². The second-order valence-corrected chi connectivity index (χ2v) is 5.80. The van der Waals surface area contributed by atoms with E-state index in [-0.39, 0.29) is 6.33 Å². The van der Waals surface area contributed by atoms with E-state index in [2.05, 4.69) is 55.4 Å². The first kappa shape index (κ1) is 28.1. The molecule has 0 N–H and O–H groups in total. The largest absolute Gasteiger partial charge is 0.497 e. The zero-order chi connectivity index (χ0) is 21.9. The third-order valence-electron chi connectivity index (χ3n) is 3.52. The summed E-state index contributed by atoms with van der Waals surface area (Å²) >= 11 is 0. The van der Waals surface area contributed by atoms with E-state index in [9.17, 15) is 8.78 Å². The average molecular weight is 397 g/mol. The topological polar surface area (TPSA) is 17.4 Å². The number of ether oxygens (including phenoxy) is 1. The normalized spacial score (nSPS) is 9.79. The Labute approximate surface area is 170 Å². The predicted molar refractivity (Wildman–Crippen MR) is 120 cm³/mol. The summed E-state index contributed by atoms with van der Waals surface area (Å²) < 4.78 is 28.9. The van der Waals surface area contributed by atoms with Gasteiger partial charge in [-0.2, -0.15) is 0 Å². The molecule has 0 fully saturated rings. The molecule has 3 nitrogen and oxygen atoms in total. The Morgan fingerprint density at radius 2 is 1.86 bits per heavy atom. The molecule has 0 radical (unpaired) electrons. The molecule has 160 valence electrons. The molecule has 1 aromatic heterocycles. The molecule has 0 aliphatic heterocycles. The van der Waals surface area contributed by atoms with Crippen LogP contribution < -0.4 is 4.74 Å². The zero-order valence-corrected chi connectivity index (χ0v) is 18.6. The molecule has 0 aliphatic rings. The van der Waals surface area contributed by atoms with Gasteiger partial charge in [-0.1, -0.05) is 19.9 Å². The second kappa shape index (κ2) is 18.2. The van der Waals surface area contributed by atoms with Crippen LogP contribution >= 0.6 is 0 Å². The van der Waals surface area contributed by atoms with Gasteiger partial charge in [0, 0.05) is 30.2 Å². The number of allylic oxidation sites excluding steroid dienone is 2. The number of hydrogen-bond acceptors (Lipinski definition) is 2. The van der Waals surface area contributed by atoms with Crippen molar-refractivity contribution in [2.24, 2.45) is 0 Å². The van der Waals surface area contributed by atoms with Crippen molar-refractivity contribution in [2.45, 2.75) is 40.7 Å². The number of nitrogens with zero attached hydrogens (tertiary/aromatic N) is 2. The summed E-state index contributed by atoms with van der Waals surface area (Å²) in [5, 5.41) is 1.32. The molecule has 1 heterocycles. The van der Waals surface area contributed by atoms with Crippen LogP contribution in [0.2, 0.25) is 0 Å². The minimum atomic E-state index is -0.712. The standard InChI is InChI=1S/C15H22N2O.C3H4F2.C3H6.C2H6/c1-5-17-11-12(8-9-16(2)3)14-10-13(18-4)6-7-15(14)17;4-2-1-3-5;1-3-2;1-2/h6-7,10-11H,5,8-9H2,1-4H3;1-2H,3H2;3H,1H2,2H3;1-2H3/b;2-1+;;. The highest BCUT2D eigenvalue weighted by Gasteiger charge is 2.09. The molecule has 5 heteroatoms. The lowest BCUT2D eigenvalue weighted by Crippen LogP contribution is -2.14. The third-order valence-corrected chi connectivity index (χ3v) is 3.52. The first-order chi connectivity index (χ1) is 13.5. The summed E-state index contributed by atoms with van der Waals surface area (Å²) in [4.78, 5) is 2.22. The molecule has 0 atom stereocenters. The molecule has 0 amide bonds. The Morgan fingerprint density at radius 1 is 1.25 bits per heavy atom. The average Bonchev–Trinajstić information content (AvgIpc) is 3.06. The number of alkyl halides is 1. The Kier molecular flexibility index (Phi) is 18.3. The summed E-state index contributed by atoms with van der Waals surface area (Å²) in [7, 11) is 5.94. The number of benzene rings is 1. The van der Waals surface area contributed by atoms with Gasteiger partial charge in [0.15, 0.2) is 0 Å². The van der Waals surface area contributed by atoms with Crippen LogP contribution in [-0.2, 0) is 13.0 Å². The summed E-state index contributed by atoms with van der Waals surface area (Å²) in [6.07, 6.45) is 6.07. The number of aryl methyl sites for hydroxylation is 1. The first-order valence-electron chi connectivity index (χ1n) is 9.67. The molecule has 28 heavy (non-hydrogen) atoms. The molecule has 2 aromatic rings. The Hall–Kier alpha value is -2.14. The molecule has 0 saturated carbocycles. The van der Waals surface area contributed by atoms with E-state index in [1.165, 1.54) is 16.5 Å². The number of fused-ring (bicyclic) bond motifs is 1. The Morgan fingerprint density at radius 3 is 2.25 bits per heavy atom. The van der Waals surface area contributed by atoms with Crippen LogP contribution in [0, 0.1) is 0 Å². The zero-order valence-electron chi connectivity index (χ0n) is 18.6. The fourth-order valence-corrected chi connectivity index (χ4v) is 2.32. The maximum atomic E-state index is 10.7. The van der Waals surface area contributed by atoms with Gasteiger partial charge in [0.2, 0.25) is 0 Å². The molecule has 0 saturated heterocycles. The monoisotopic (exact) mass is 396 g/mol. The minimum absolute atomic E-state index is 0.181. The summed E-state index contributed by atoms with van der Waals surface area (Å²) in [5.41, 5.74) is 2.70. The van der Waals surface area contributed by atoms with E-state index in [4.69, 9.17) is 4.74 Å². The fourth-order valence-electron chi connectivity index (χ4n) is 2.32. The van der Waals surface area contributed by atoms with E-state index in [0.717, 1.165) is 31.3 Å². The fraction of sp³-hybridized carbons (Fsp3) is 0.478. The molecule has 0 spiro atoms. The molecular weight excluding hydrogens is 358 g/mol. The number of rotatable bonds is 6. The van der Waals surface area contributed by atoms with Crippen LogP contribution in [0.5, 0.6) is 5.75 Å². The highest BCUT2D eigenvalue weighted by atomic mass is 19.1. The number of halogens is 2. The van der Waals surface area contributed by atoms with Gasteiger partial charge < -0.3 is 14.2 Å². The van der Waals surface area contributed by atoms with Gasteiger partial charge in [0.05, 0.1) is 13.4 Å². The number of likely N-dealkylation sites (N-methyl/N-ethyl adjacent to an activating group) is 1. The molecule has 0 bridgehead atoms. The first-order valence-corrected chi connectivity index (χ1v) is 9.67. The highest BCUT2D eigenvalue weighted by Crippen LogP contribution is 2.26. The SMILES string of the molecule is C=CC.CC.CCn1cc(CCN(C)C)c2cc(OC)ccc21.F/C=C/CF. The smallest absolute Gasteiger partial charge is 0.119 e. The Bertz CT molecular complexity index is 664. The van der Waals surface area contributed by atoms with Crippen molar-refractivity contribution >= 4 is 10.9 Å². The van der Waals surface area contributed by atoms with E-state index in [1.54, 1.807) is 13.2 Å². The molecule has 2 rings (SSSR count). The van der Waals surface area contributed by atoms with Crippen LogP contribution in [-0.4, -0.2) is 43.9 Å².